The van der Waals surface area contributed by atoms with Crippen molar-refractivity contribution in [3.8, 4) is 0 Å². The quantitative estimate of drug-likeness (QED) is 0.225. The molecule has 1 N–H and O–H groups in total. The van der Waals surface area contributed by atoms with Crippen LogP contribution in [0.25, 0.3) is 0 Å². The van der Waals surface area contributed by atoms with Gasteiger partial charge in [0.15, 0.2) is 0 Å². The summed E-state index contributed by atoms with van der Waals surface area (Å²) in [5.41, 5.74) is -1.12. The molecular formula is C17H39NO6P2. The number of unbranched alkanes of at least 4 members (excludes halogenated alkanes) is 5. The summed E-state index contributed by atoms with van der Waals surface area (Å²) < 4.78 is 48.2. The van der Waals surface area contributed by atoms with E-state index in [1.165, 1.54) is 19.3 Å². The van der Waals surface area contributed by atoms with Crippen LogP contribution in [0.3, 0.4) is 0 Å². The van der Waals surface area contributed by atoms with Crippen LogP contribution in [0.5, 0.6) is 0 Å². The summed E-state index contributed by atoms with van der Waals surface area (Å²) in [6.07, 6.45) is 6.76. The molecule has 0 heterocycles. The van der Waals surface area contributed by atoms with E-state index in [1.54, 1.807) is 27.7 Å². The van der Waals surface area contributed by atoms with Crippen molar-refractivity contribution in [2.45, 2.75) is 78.7 Å². The molecule has 0 aromatic heterocycles. The van der Waals surface area contributed by atoms with Gasteiger partial charge < -0.3 is 18.1 Å². The van der Waals surface area contributed by atoms with Crippen LogP contribution in [0, 0.1) is 0 Å². The highest BCUT2D eigenvalue weighted by molar-refractivity contribution is 7.72. The summed E-state index contributed by atoms with van der Waals surface area (Å²) in [6.45, 7) is 10.4. The van der Waals surface area contributed by atoms with Crippen molar-refractivity contribution in [3.63, 3.8) is 0 Å². The summed E-state index contributed by atoms with van der Waals surface area (Å²) in [7, 11) is -7.40. The van der Waals surface area contributed by atoms with E-state index in [0.717, 1.165) is 19.3 Å². The first-order chi connectivity index (χ1) is 12.4. The Bertz CT molecular complexity index is 385. The minimum atomic E-state index is -3.70. The van der Waals surface area contributed by atoms with E-state index < -0.39 is 20.7 Å². The second kappa shape index (κ2) is 15.2. The van der Waals surface area contributed by atoms with Crippen molar-refractivity contribution in [1.29, 1.82) is 0 Å². The van der Waals surface area contributed by atoms with Crippen molar-refractivity contribution in [3.05, 3.63) is 0 Å². The van der Waals surface area contributed by atoms with Gasteiger partial charge in [-0.1, -0.05) is 39.0 Å². The van der Waals surface area contributed by atoms with Gasteiger partial charge in [-0.3, -0.25) is 14.4 Å². The highest BCUT2D eigenvalue weighted by Gasteiger charge is 2.50. The van der Waals surface area contributed by atoms with Crippen LogP contribution in [0.2, 0.25) is 0 Å². The number of hydrogen-bond donors (Lipinski definition) is 1. The largest absolute Gasteiger partial charge is 0.359 e. The second-order valence-electron chi connectivity index (χ2n) is 5.85. The molecule has 0 aromatic carbocycles. The van der Waals surface area contributed by atoms with Gasteiger partial charge in [-0.25, -0.2) is 0 Å². The molecule has 0 saturated carbocycles. The maximum atomic E-state index is 13.3. The van der Waals surface area contributed by atoms with Gasteiger partial charge in [0.25, 0.3) is 0 Å². The average molecular weight is 415 g/mol. The van der Waals surface area contributed by atoms with Gasteiger partial charge in [-0.05, 0) is 40.7 Å². The zero-order valence-corrected chi connectivity index (χ0v) is 19.0. The molecule has 158 valence electrons. The molecule has 0 aliphatic heterocycles. The summed E-state index contributed by atoms with van der Waals surface area (Å²) in [6, 6.07) is 0. The maximum Gasteiger partial charge on any atom is 0.359 e. The third-order valence-electron chi connectivity index (χ3n) is 3.69. The Hall–Kier alpha value is 0.260. The van der Waals surface area contributed by atoms with Crippen LogP contribution in [0.4, 0.5) is 0 Å². The normalized spacial score (nSPS) is 12.8. The SMILES string of the molecule is CCCCCCCCNC(P(=O)(OCC)OCC)P(=O)(OCC)OCC. The van der Waals surface area contributed by atoms with Gasteiger partial charge in [0.05, 0.1) is 26.4 Å². The van der Waals surface area contributed by atoms with Crippen LogP contribution in [-0.2, 0) is 27.2 Å². The molecule has 9 heteroatoms. The molecule has 0 saturated heterocycles. The van der Waals surface area contributed by atoms with Crippen LogP contribution in [-0.4, -0.2) is 38.5 Å². The van der Waals surface area contributed by atoms with Crippen LogP contribution < -0.4 is 5.32 Å². The smallest absolute Gasteiger partial charge is 0.307 e. The average Bonchev–Trinajstić information content (AvgIpc) is 2.58. The van der Waals surface area contributed by atoms with Crippen LogP contribution in [0.15, 0.2) is 0 Å². The van der Waals surface area contributed by atoms with E-state index in [4.69, 9.17) is 18.1 Å². The van der Waals surface area contributed by atoms with E-state index in [-0.39, 0.29) is 26.4 Å². The first-order valence-electron chi connectivity index (χ1n) is 9.94. The van der Waals surface area contributed by atoms with Gasteiger partial charge in [0.2, 0.25) is 5.52 Å². The Morgan fingerprint density at radius 2 is 1.04 bits per heavy atom. The van der Waals surface area contributed by atoms with Crippen molar-refractivity contribution < 1.29 is 27.2 Å². The zero-order chi connectivity index (χ0) is 19.9. The lowest BCUT2D eigenvalue weighted by Crippen LogP contribution is -2.33. The Balaban J connectivity index is 5.14. The van der Waals surface area contributed by atoms with Gasteiger partial charge in [-0.15, -0.1) is 0 Å². The Morgan fingerprint density at radius 1 is 0.654 bits per heavy atom. The predicted octanol–water partition coefficient (Wildman–Crippen LogP) is 5.75. The van der Waals surface area contributed by atoms with Crippen molar-refractivity contribution >= 4 is 15.2 Å². The molecule has 0 rings (SSSR count). The zero-order valence-electron chi connectivity index (χ0n) is 17.2. The summed E-state index contributed by atoms with van der Waals surface area (Å²) >= 11 is 0. The fraction of sp³-hybridized carbons (Fsp3) is 1.00. The standard InChI is InChI=1S/C17H39NO6P2/c1-6-11-12-13-14-15-16-18-17(25(19,21-7-2)22-8-3)26(20,23-9-4)24-10-5/h17-18H,6-16H2,1-5H3. The van der Waals surface area contributed by atoms with Crippen molar-refractivity contribution in [2.75, 3.05) is 33.0 Å². The lowest BCUT2D eigenvalue weighted by molar-refractivity contribution is 0.190. The Kier molecular flexibility index (Phi) is 15.4. The van der Waals surface area contributed by atoms with E-state index in [1.807, 2.05) is 0 Å². The lowest BCUT2D eigenvalue weighted by Gasteiger charge is -2.31. The first-order valence-corrected chi connectivity index (χ1v) is 13.2. The number of rotatable bonds is 18. The molecule has 0 aliphatic carbocycles. The first kappa shape index (κ1) is 26.3. The van der Waals surface area contributed by atoms with Gasteiger partial charge >= 0.3 is 15.2 Å². The van der Waals surface area contributed by atoms with Crippen LogP contribution >= 0.6 is 15.2 Å². The van der Waals surface area contributed by atoms with E-state index in [9.17, 15) is 9.13 Å². The van der Waals surface area contributed by atoms with Crippen molar-refractivity contribution in [1.82, 2.24) is 5.32 Å². The molecule has 0 aliphatic rings. The fourth-order valence-electron chi connectivity index (χ4n) is 2.61. The number of hydrogen-bond acceptors (Lipinski definition) is 7. The molecule has 0 bridgehead atoms. The second-order valence-corrected chi connectivity index (χ2v) is 10.5. The van der Waals surface area contributed by atoms with Gasteiger partial charge in [-0.2, -0.15) is 0 Å². The highest BCUT2D eigenvalue weighted by Crippen LogP contribution is 2.69. The minimum absolute atomic E-state index is 0.185. The van der Waals surface area contributed by atoms with E-state index in [0.29, 0.717) is 6.54 Å². The Labute approximate surface area is 160 Å². The maximum absolute atomic E-state index is 13.3. The Morgan fingerprint density at radius 3 is 1.42 bits per heavy atom. The number of nitrogens with one attached hydrogen (secondary N) is 1. The van der Waals surface area contributed by atoms with E-state index >= 15 is 0 Å². The third-order valence-corrected chi connectivity index (χ3v) is 9.43. The highest BCUT2D eigenvalue weighted by atomic mass is 31.2. The monoisotopic (exact) mass is 415 g/mol. The topological polar surface area (TPSA) is 83.1 Å². The summed E-state index contributed by atoms with van der Waals surface area (Å²) in [4.78, 5) is 0. The predicted molar refractivity (Wildman–Crippen MR) is 107 cm³/mol. The molecule has 0 amide bonds. The van der Waals surface area contributed by atoms with Gasteiger partial charge in [0, 0.05) is 0 Å². The molecule has 0 spiro atoms. The van der Waals surface area contributed by atoms with Gasteiger partial charge in [0.1, 0.15) is 0 Å². The van der Waals surface area contributed by atoms with Crippen LogP contribution in [0.1, 0.15) is 73.1 Å². The molecule has 7 nitrogen and oxygen atoms in total. The van der Waals surface area contributed by atoms with Crippen molar-refractivity contribution in [2.24, 2.45) is 0 Å². The third kappa shape index (κ3) is 9.45. The molecule has 0 atom stereocenters. The minimum Gasteiger partial charge on any atom is -0.307 e. The molecule has 26 heavy (non-hydrogen) atoms. The molecule has 0 fully saturated rings. The lowest BCUT2D eigenvalue weighted by atomic mass is 10.1. The van der Waals surface area contributed by atoms with E-state index in [2.05, 4.69) is 12.2 Å². The molecule has 0 unspecified atom stereocenters. The molecule has 0 aromatic rings. The summed E-state index contributed by atoms with van der Waals surface area (Å²) in [5.74, 6) is 0. The molecular weight excluding hydrogens is 376 g/mol. The summed E-state index contributed by atoms with van der Waals surface area (Å²) in [5, 5.41) is 3.10. The molecule has 0 radical (unpaired) electrons. The fourth-order valence-corrected chi connectivity index (χ4v) is 7.65.